The Kier molecular flexibility index (Phi) is 3.33. The molecule has 2 heterocycles. The van der Waals surface area contributed by atoms with E-state index in [0.717, 1.165) is 38.8 Å². The molecule has 3 rings (SSSR count). The lowest BCUT2D eigenvalue weighted by Crippen LogP contribution is -2.41. The summed E-state index contributed by atoms with van der Waals surface area (Å²) in [4.78, 5) is 12.3. The van der Waals surface area contributed by atoms with Crippen molar-refractivity contribution in [3.8, 4) is 0 Å². The number of hydrogen-bond donors (Lipinski definition) is 3. The summed E-state index contributed by atoms with van der Waals surface area (Å²) < 4.78 is 2.09. The summed E-state index contributed by atoms with van der Waals surface area (Å²) in [6.07, 6.45) is 5.86. The first-order chi connectivity index (χ1) is 9.24. The molecule has 19 heavy (non-hydrogen) atoms. The maximum absolute atomic E-state index is 12.3. The molecule has 1 saturated heterocycles. The second-order valence-electron chi connectivity index (χ2n) is 5.67. The zero-order valence-corrected chi connectivity index (χ0v) is 11.1. The predicted octanol–water partition coefficient (Wildman–Crippen LogP) is 0.667. The molecule has 5 heteroatoms. The predicted molar refractivity (Wildman–Crippen MR) is 72.1 cm³/mol. The standard InChI is InChI=1S/C14H21N3O2/c18-10-14(5-6-14)16-13(19)12-2-1-9-17(12)11-3-7-15-8-4-11/h1-2,9,11,15,18H,3-8,10H2,(H,16,19). The van der Waals surface area contributed by atoms with Crippen molar-refractivity contribution in [1.82, 2.24) is 15.2 Å². The zero-order chi connectivity index (χ0) is 13.3. The summed E-state index contributed by atoms with van der Waals surface area (Å²) in [7, 11) is 0. The fourth-order valence-electron chi connectivity index (χ4n) is 2.77. The lowest BCUT2D eigenvalue weighted by Gasteiger charge is -2.26. The summed E-state index contributed by atoms with van der Waals surface area (Å²) in [6.45, 7) is 2.04. The third-order valence-corrected chi connectivity index (χ3v) is 4.25. The molecule has 0 atom stereocenters. The average Bonchev–Trinajstić information content (AvgIpc) is 3.04. The molecule has 0 spiro atoms. The number of carbonyl (C=O) groups is 1. The lowest BCUT2D eigenvalue weighted by atomic mass is 10.1. The molecule has 3 N–H and O–H groups in total. The number of rotatable bonds is 4. The van der Waals surface area contributed by atoms with E-state index in [1.54, 1.807) is 0 Å². The highest BCUT2D eigenvalue weighted by atomic mass is 16.3. The molecule has 1 aromatic heterocycles. The van der Waals surface area contributed by atoms with Crippen LogP contribution in [-0.2, 0) is 0 Å². The van der Waals surface area contributed by atoms with Crippen molar-refractivity contribution in [2.75, 3.05) is 19.7 Å². The summed E-state index contributed by atoms with van der Waals surface area (Å²) >= 11 is 0. The zero-order valence-electron chi connectivity index (χ0n) is 11.1. The van der Waals surface area contributed by atoms with Crippen molar-refractivity contribution in [2.45, 2.75) is 37.3 Å². The van der Waals surface area contributed by atoms with E-state index >= 15 is 0 Å². The van der Waals surface area contributed by atoms with Crippen LogP contribution in [0, 0.1) is 0 Å². The van der Waals surface area contributed by atoms with Gasteiger partial charge in [-0.25, -0.2) is 0 Å². The number of piperidine rings is 1. The van der Waals surface area contributed by atoms with E-state index in [1.165, 1.54) is 0 Å². The summed E-state index contributed by atoms with van der Waals surface area (Å²) in [5.74, 6) is -0.0601. The molecule has 0 unspecified atom stereocenters. The second-order valence-corrected chi connectivity index (χ2v) is 5.67. The minimum Gasteiger partial charge on any atom is -0.394 e. The Hall–Kier alpha value is -1.33. The Labute approximate surface area is 113 Å². The van der Waals surface area contributed by atoms with E-state index in [4.69, 9.17) is 0 Å². The maximum Gasteiger partial charge on any atom is 0.268 e. The van der Waals surface area contributed by atoms with Crippen LogP contribution >= 0.6 is 0 Å². The number of aromatic nitrogens is 1. The molecule has 1 amide bonds. The van der Waals surface area contributed by atoms with Gasteiger partial charge in [-0.15, -0.1) is 0 Å². The van der Waals surface area contributed by atoms with Crippen LogP contribution in [0.5, 0.6) is 0 Å². The van der Waals surface area contributed by atoms with Gasteiger partial charge in [-0.2, -0.15) is 0 Å². The van der Waals surface area contributed by atoms with Crippen molar-refractivity contribution in [3.05, 3.63) is 24.0 Å². The topological polar surface area (TPSA) is 66.3 Å². The van der Waals surface area contributed by atoms with Gasteiger partial charge in [0.05, 0.1) is 12.1 Å². The van der Waals surface area contributed by atoms with Crippen LogP contribution in [0.25, 0.3) is 0 Å². The van der Waals surface area contributed by atoms with Crippen molar-refractivity contribution in [1.29, 1.82) is 0 Å². The quantitative estimate of drug-likeness (QED) is 0.748. The first-order valence-corrected chi connectivity index (χ1v) is 7.05. The number of amides is 1. The van der Waals surface area contributed by atoms with E-state index in [2.05, 4.69) is 15.2 Å². The van der Waals surface area contributed by atoms with Gasteiger partial charge in [-0.1, -0.05) is 0 Å². The molecule has 0 radical (unpaired) electrons. The number of aliphatic hydroxyl groups excluding tert-OH is 1. The Bertz CT molecular complexity index is 459. The number of nitrogens with zero attached hydrogens (tertiary/aromatic N) is 1. The SMILES string of the molecule is O=C(NC1(CO)CC1)c1cccn1C1CCNCC1. The minimum absolute atomic E-state index is 0.0345. The van der Waals surface area contributed by atoms with Crippen LogP contribution < -0.4 is 10.6 Å². The molecular formula is C14H21N3O2. The van der Waals surface area contributed by atoms with Gasteiger partial charge in [0.2, 0.25) is 0 Å². The molecule has 2 fully saturated rings. The van der Waals surface area contributed by atoms with Crippen molar-refractivity contribution >= 4 is 5.91 Å². The number of carbonyl (C=O) groups excluding carboxylic acids is 1. The van der Waals surface area contributed by atoms with E-state index in [9.17, 15) is 9.90 Å². The van der Waals surface area contributed by atoms with Crippen molar-refractivity contribution in [3.63, 3.8) is 0 Å². The van der Waals surface area contributed by atoms with Crippen molar-refractivity contribution < 1.29 is 9.90 Å². The molecule has 1 saturated carbocycles. The molecular weight excluding hydrogens is 242 g/mol. The van der Waals surface area contributed by atoms with Crippen LogP contribution in [0.4, 0.5) is 0 Å². The van der Waals surface area contributed by atoms with Gasteiger partial charge in [0.25, 0.3) is 5.91 Å². The third-order valence-electron chi connectivity index (χ3n) is 4.25. The van der Waals surface area contributed by atoms with E-state index in [-0.39, 0.29) is 18.1 Å². The largest absolute Gasteiger partial charge is 0.394 e. The molecule has 2 aliphatic rings. The molecule has 0 bridgehead atoms. The normalized spacial score (nSPS) is 22.2. The van der Waals surface area contributed by atoms with E-state index in [0.29, 0.717) is 11.7 Å². The molecule has 5 nitrogen and oxygen atoms in total. The highest BCUT2D eigenvalue weighted by Gasteiger charge is 2.43. The van der Waals surface area contributed by atoms with Crippen LogP contribution in [0.3, 0.4) is 0 Å². The lowest BCUT2D eigenvalue weighted by molar-refractivity contribution is 0.0894. The smallest absolute Gasteiger partial charge is 0.268 e. The van der Waals surface area contributed by atoms with Crippen molar-refractivity contribution in [2.24, 2.45) is 0 Å². The number of nitrogens with one attached hydrogen (secondary N) is 2. The minimum atomic E-state index is -0.347. The van der Waals surface area contributed by atoms with Crippen LogP contribution in [0.15, 0.2) is 18.3 Å². The first-order valence-electron chi connectivity index (χ1n) is 7.05. The first kappa shape index (κ1) is 12.7. The van der Waals surface area contributed by atoms with Gasteiger partial charge in [0.15, 0.2) is 0 Å². The van der Waals surface area contributed by atoms with Crippen LogP contribution in [0.1, 0.15) is 42.2 Å². The summed E-state index contributed by atoms with van der Waals surface area (Å²) in [5.41, 5.74) is 0.368. The molecule has 1 aromatic rings. The Morgan fingerprint density at radius 3 is 2.84 bits per heavy atom. The fraction of sp³-hybridized carbons (Fsp3) is 0.643. The second kappa shape index (κ2) is 4.98. The van der Waals surface area contributed by atoms with Gasteiger partial charge in [0, 0.05) is 12.2 Å². The van der Waals surface area contributed by atoms with Gasteiger partial charge in [0.1, 0.15) is 5.69 Å². The molecule has 104 valence electrons. The number of hydrogen-bond acceptors (Lipinski definition) is 3. The highest BCUT2D eigenvalue weighted by molar-refractivity contribution is 5.93. The maximum atomic E-state index is 12.3. The molecule has 1 aliphatic heterocycles. The van der Waals surface area contributed by atoms with Gasteiger partial charge < -0.3 is 20.3 Å². The summed E-state index contributed by atoms with van der Waals surface area (Å²) in [6, 6.07) is 4.20. The third kappa shape index (κ3) is 2.53. The van der Waals surface area contributed by atoms with E-state index in [1.807, 2.05) is 18.3 Å². The van der Waals surface area contributed by atoms with Gasteiger partial charge >= 0.3 is 0 Å². The summed E-state index contributed by atoms with van der Waals surface area (Å²) in [5, 5.41) is 15.6. The number of aliphatic hydroxyl groups is 1. The van der Waals surface area contributed by atoms with E-state index < -0.39 is 0 Å². The van der Waals surface area contributed by atoms with Gasteiger partial charge in [-0.05, 0) is 50.9 Å². The van der Waals surface area contributed by atoms with Gasteiger partial charge in [-0.3, -0.25) is 4.79 Å². The monoisotopic (exact) mass is 263 g/mol. The molecule has 1 aliphatic carbocycles. The highest BCUT2D eigenvalue weighted by Crippen LogP contribution is 2.35. The average molecular weight is 263 g/mol. The van der Waals surface area contributed by atoms with Crippen LogP contribution in [0.2, 0.25) is 0 Å². The Morgan fingerprint density at radius 2 is 2.21 bits per heavy atom. The fourth-order valence-corrected chi connectivity index (χ4v) is 2.77. The molecule has 0 aromatic carbocycles. The Morgan fingerprint density at radius 1 is 1.47 bits per heavy atom. The Balaban J connectivity index is 1.73. The van der Waals surface area contributed by atoms with Crippen LogP contribution in [-0.4, -0.2) is 40.8 Å².